The Kier molecular flexibility index (Phi) is 6.84. The number of guanidine groups is 1. The number of carbonyl (C=O) groups excluding carboxylic acids is 2. The van der Waals surface area contributed by atoms with Crippen LogP contribution in [-0.2, 0) is 11.3 Å². The van der Waals surface area contributed by atoms with Crippen molar-refractivity contribution in [3.05, 3.63) is 34.9 Å². The fourth-order valence-electron chi connectivity index (χ4n) is 4.35. The third-order valence-corrected chi connectivity index (χ3v) is 6.63. The van der Waals surface area contributed by atoms with Gasteiger partial charge in [-0.1, -0.05) is 45.6 Å². The number of carbonyl (C=O) groups is 2. The fourth-order valence-corrected chi connectivity index (χ4v) is 4.35. The van der Waals surface area contributed by atoms with Gasteiger partial charge >= 0.3 is 0 Å². The Morgan fingerprint density at radius 3 is 2.50 bits per heavy atom. The summed E-state index contributed by atoms with van der Waals surface area (Å²) >= 11 is 0. The molecule has 6 nitrogen and oxygen atoms in total. The number of hydrogen-bond acceptors (Lipinski definition) is 4. The molecule has 0 spiro atoms. The van der Waals surface area contributed by atoms with Crippen molar-refractivity contribution in [3.63, 3.8) is 0 Å². The number of aryl methyl sites for hydroxylation is 1. The zero-order valence-corrected chi connectivity index (χ0v) is 18.8. The molecule has 1 aliphatic carbocycles. The van der Waals surface area contributed by atoms with Gasteiger partial charge in [0.1, 0.15) is 0 Å². The summed E-state index contributed by atoms with van der Waals surface area (Å²) in [5, 5.41) is 3.21. The van der Waals surface area contributed by atoms with Crippen LogP contribution in [0.3, 0.4) is 0 Å². The number of rotatable bonds is 5. The summed E-state index contributed by atoms with van der Waals surface area (Å²) in [6, 6.07) is 6.03. The van der Waals surface area contributed by atoms with Crippen molar-refractivity contribution in [3.8, 4) is 0 Å². The molecule has 1 aromatic carbocycles. The minimum atomic E-state index is -0.464. The van der Waals surface area contributed by atoms with Gasteiger partial charge in [-0.05, 0) is 55.9 Å². The van der Waals surface area contributed by atoms with E-state index in [1.54, 1.807) is 0 Å². The third-order valence-electron chi connectivity index (χ3n) is 6.63. The number of amides is 2. The van der Waals surface area contributed by atoms with E-state index in [4.69, 9.17) is 5.73 Å². The zero-order chi connectivity index (χ0) is 21.9. The van der Waals surface area contributed by atoms with E-state index in [-0.39, 0.29) is 29.7 Å². The van der Waals surface area contributed by atoms with E-state index >= 15 is 0 Å². The van der Waals surface area contributed by atoms with Crippen molar-refractivity contribution in [2.75, 3.05) is 0 Å². The number of nitrogens with one attached hydrogen (secondary N) is 1. The van der Waals surface area contributed by atoms with Crippen LogP contribution in [0.5, 0.6) is 0 Å². The van der Waals surface area contributed by atoms with E-state index in [1.165, 1.54) is 30.6 Å². The van der Waals surface area contributed by atoms with E-state index in [9.17, 15) is 9.59 Å². The smallest absolute Gasteiger partial charge is 0.251 e. The van der Waals surface area contributed by atoms with Crippen molar-refractivity contribution >= 4 is 17.8 Å². The molecule has 6 heteroatoms. The van der Waals surface area contributed by atoms with Crippen LogP contribution in [0.1, 0.15) is 87.2 Å². The zero-order valence-electron chi connectivity index (χ0n) is 18.8. The topological polar surface area (TPSA) is 87.8 Å². The second-order valence-electron chi connectivity index (χ2n) is 9.51. The van der Waals surface area contributed by atoms with E-state index in [0.717, 1.165) is 24.0 Å². The standard InChI is InChI=1S/C24H36N4O2/c1-16(2)24(4)14-21(29)28(23(25)27-24)15-18-11-17(3)12-19(13-18)22(30)26-20-9-7-5-6-8-10-20/h11-13,16,20H,5-10,14-15H2,1-4H3,(H2,25,27)(H,26,30)/t24-/m0/s1. The molecule has 2 aliphatic rings. The molecule has 164 valence electrons. The van der Waals surface area contributed by atoms with Crippen molar-refractivity contribution < 1.29 is 9.59 Å². The average Bonchev–Trinajstić information content (AvgIpc) is 2.93. The monoisotopic (exact) mass is 412 g/mol. The predicted octanol–water partition coefficient (Wildman–Crippen LogP) is 3.91. The van der Waals surface area contributed by atoms with Gasteiger partial charge < -0.3 is 11.1 Å². The van der Waals surface area contributed by atoms with Gasteiger partial charge in [-0.25, -0.2) is 4.99 Å². The van der Waals surface area contributed by atoms with Crippen LogP contribution in [0.25, 0.3) is 0 Å². The summed E-state index contributed by atoms with van der Waals surface area (Å²) in [6.07, 6.45) is 7.30. The highest BCUT2D eigenvalue weighted by Gasteiger charge is 2.38. The molecule has 0 saturated heterocycles. The van der Waals surface area contributed by atoms with Crippen molar-refractivity contribution in [2.45, 2.75) is 90.8 Å². The maximum absolute atomic E-state index is 12.9. The Hall–Kier alpha value is -2.37. The highest BCUT2D eigenvalue weighted by molar-refractivity contribution is 5.99. The quantitative estimate of drug-likeness (QED) is 0.719. The molecule has 0 radical (unpaired) electrons. The van der Waals surface area contributed by atoms with E-state index < -0.39 is 5.54 Å². The maximum atomic E-state index is 12.9. The van der Waals surface area contributed by atoms with Gasteiger partial charge in [-0.3, -0.25) is 14.5 Å². The van der Waals surface area contributed by atoms with Gasteiger partial charge in [0.05, 0.1) is 18.5 Å². The van der Waals surface area contributed by atoms with Crippen LogP contribution in [0.4, 0.5) is 0 Å². The van der Waals surface area contributed by atoms with Gasteiger partial charge in [0.2, 0.25) is 5.91 Å². The Morgan fingerprint density at radius 2 is 1.90 bits per heavy atom. The van der Waals surface area contributed by atoms with E-state index in [0.29, 0.717) is 18.5 Å². The Bertz CT molecular complexity index is 824. The highest BCUT2D eigenvalue weighted by Crippen LogP contribution is 2.30. The Labute approximate surface area is 180 Å². The first-order valence-electron chi connectivity index (χ1n) is 11.2. The molecule has 3 N–H and O–H groups in total. The Balaban J connectivity index is 1.75. The minimum absolute atomic E-state index is 0.0235. The van der Waals surface area contributed by atoms with Crippen LogP contribution in [0.2, 0.25) is 0 Å². The lowest BCUT2D eigenvalue weighted by atomic mass is 9.84. The lowest BCUT2D eigenvalue weighted by molar-refractivity contribution is -0.130. The van der Waals surface area contributed by atoms with Gasteiger partial charge in [0.25, 0.3) is 5.91 Å². The predicted molar refractivity (Wildman–Crippen MR) is 120 cm³/mol. The SMILES string of the molecule is Cc1cc(CN2C(=O)C[C@@](C)(C(C)C)N=C2N)cc(C(=O)NC2CCCCCC2)c1. The van der Waals surface area contributed by atoms with E-state index in [2.05, 4.69) is 24.2 Å². The first-order chi connectivity index (χ1) is 14.2. The van der Waals surface area contributed by atoms with Crippen molar-refractivity contribution in [2.24, 2.45) is 16.6 Å². The molecule has 1 heterocycles. The molecule has 2 amide bonds. The summed E-state index contributed by atoms with van der Waals surface area (Å²) < 4.78 is 0. The second kappa shape index (κ2) is 9.19. The van der Waals surface area contributed by atoms with Crippen LogP contribution in [-0.4, -0.2) is 34.3 Å². The normalized spacial score (nSPS) is 23.3. The van der Waals surface area contributed by atoms with Gasteiger partial charge in [0.15, 0.2) is 5.96 Å². The molecule has 3 rings (SSSR count). The van der Waals surface area contributed by atoms with Crippen molar-refractivity contribution in [1.29, 1.82) is 0 Å². The number of aliphatic imine (C=N–C) groups is 1. The molecule has 1 atom stereocenters. The molecular weight excluding hydrogens is 376 g/mol. The summed E-state index contributed by atoms with van der Waals surface area (Å²) in [7, 11) is 0. The Morgan fingerprint density at radius 1 is 1.23 bits per heavy atom. The first kappa shape index (κ1) is 22.3. The first-order valence-corrected chi connectivity index (χ1v) is 11.2. The van der Waals surface area contributed by atoms with Gasteiger partial charge in [0, 0.05) is 11.6 Å². The minimum Gasteiger partial charge on any atom is -0.369 e. The van der Waals surface area contributed by atoms with Crippen LogP contribution < -0.4 is 11.1 Å². The van der Waals surface area contributed by atoms with Crippen LogP contribution in [0.15, 0.2) is 23.2 Å². The van der Waals surface area contributed by atoms with Crippen LogP contribution >= 0.6 is 0 Å². The maximum Gasteiger partial charge on any atom is 0.251 e. The van der Waals surface area contributed by atoms with E-state index in [1.807, 2.05) is 32.0 Å². The molecule has 0 bridgehead atoms. The number of nitrogens with zero attached hydrogens (tertiary/aromatic N) is 2. The molecule has 0 unspecified atom stereocenters. The fraction of sp³-hybridized carbons (Fsp3) is 0.625. The lowest BCUT2D eigenvalue weighted by Crippen LogP contribution is -2.51. The highest BCUT2D eigenvalue weighted by atomic mass is 16.2. The number of hydrogen-bond donors (Lipinski definition) is 2. The number of nitrogens with two attached hydrogens (primary N) is 1. The average molecular weight is 413 g/mol. The summed E-state index contributed by atoms with van der Waals surface area (Å²) in [6.45, 7) is 8.38. The molecule has 1 aliphatic heterocycles. The largest absolute Gasteiger partial charge is 0.369 e. The van der Waals surface area contributed by atoms with Gasteiger partial charge in [-0.15, -0.1) is 0 Å². The number of benzene rings is 1. The molecule has 30 heavy (non-hydrogen) atoms. The van der Waals surface area contributed by atoms with Crippen LogP contribution in [0, 0.1) is 12.8 Å². The molecule has 0 aromatic heterocycles. The molecule has 1 aromatic rings. The van der Waals surface area contributed by atoms with Gasteiger partial charge in [-0.2, -0.15) is 0 Å². The lowest BCUT2D eigenvalue weighted by Gasteiger charge is -2.37. The molecule has 1 fully saturated rings. The van der Waals surface area contributed by atoms with Crippen molar-refractivity contribution in [1.82, 2.24) is 10.2 Å². The third kappa shape index (κ3) is 5.21. The summed E-state index contributed by atoms with van der Waals surface area (Å²) in [5.41, 5.74) is 8.24. The second-order valence-corrected chi connectivity index (χ2v) is 9.51. The molecular formula is C24H36N4O2. The summed E-state index contributed by atoms with van der Waals surface area (Å²) in [4.78, 5) is 31.8. The molecule has 1 saturated carbocycles. The summed E-state index contributed by atoms with van der Waals surface area (Å²) in [5.74, 6) is 0.421.